The Morgan fingerprint density at radius 2 is 2.32 bits per heavy atom. The summed E-state index contributed by atoms with van der Waals surface area (Å²) in [5, 5.41) is 13.0. The number of carboxylic acids is 1. The molecule has 0 amide bonds. The van der Waals surface area contributed by atoms with Gasteiger partial charge in [0, 0.05) is 19.5 Å². The van der Waals surface area contributed by atoms with E-state index in [2.05, 4.69) is 22.0 Å². The van der Waals surface area contributed by atoms with Crippen LogP contribution in [-0.2, 0) is 17.8 Å². The van der Waals surface area contributed by atoms with Crippen LogP contribution in [0, 0.1) is 11.8 Å². The maximum Gasteiger partial charge on any atom is 0.308 e. The first-order valence-electron chi connectivity index (χ1n) is 6.86. The fourth-order valence-corrected chi connectivity index (χ4v) is 2.50. The van der Waals surface area contributed by atoms with E-state index in [1.54, 1.807) is 0 Å². The lowest BCUT2D eigenvalue weighted by Gasteiger charge is -2.11. The fraction of sp³-hybridized carbons (Fsp3) is 0.769. The van der Waals surface area contributed by atoms with Crippen molar-refractivity contribution >= 4 is 5.97 Å². The fourth-order valence-electron chi connectivity index (χ4n) is 2.50. The molecule has 0 spiro atoms. The Morgan fingerprint density at radius 1 is 1.53 bits per heavy atom. The second kappa shape index (κ2) is 6.14. The minimum absolute atomic E-state index is 0.167. The molecule has 0 saturated carbocycles. The monoisotopic (exact) mass is 267 g/mol. The van der Waals surface area contributed by atoms with Gasteiger partial charge in [-0.15, -0.1) is 0 Å². The third-order valence-electron chi connectivity index (χ3n) is 3.63. The number of carbonyl (C=O) groups is 1. The zero-order valence-electron chi connectivity index (χ0n) is 11.5. The first-order chi connectivity index (χ1) is 9.10. The first kappa shape index (κ1) is 14.0. The maximum atomic E-state index is 11.1. The van der Waals surface area contributed by atoms with E-state index in [9.17, 15) is 4.79 Å². The third-order valence-corrected chi connectivity index (χ3v) is 3.63. The van der Waals surface area contributed by atoms with Crippen molar-refractivity contribution in [3.8, 4) is 0 Å². The van der Waals surface area contributed by atoms with E-state index < -0.39 is 5.97 Å². The van der Waals surface area contributed by atoms with Crippen molar-refractivity contribution in [3.63, 3.8) is 0 Å². The largest absolute Gasteiger partial charge is 0.481 e. The summed E-state index contributed by atoms with van der Waals surface area (Å²) >= 11 is 0. The molecule has 0 radical (unpaired) electrons. The van der Waals surface area contributed by atoms with Crippen molar-refractivity contribution in [3.05, 3.63) is 11.7 Å². The van der Waals surface area contributed by atoms with E-state index in [4.69, 9.17) is 9.63 Å². The second-order valence-corrected chi connectivity index (χ2v) is 5.32. The highest BCUT2D eigenvalue weighted by Crippen LogP contribution is 2.24. The summed E-state index contributed by atoms with van der Waals surface area (Å²) in [6.45, 7) is 5.97. The van der Waals surface area contributed by atoms with Crippen LogP contribution in [0.2, 0.25) is 0 Å². The summed E-state index contributed by atoms with van der Waals surface area (Å²) < 4.78 is 5.20. The van der Waals surface area contributed by atoms with Crippen LogP contribution in [-0.4, -0.2) is 39.2 Å². The highest BCUT2D eigenvalue weighted by Gasteiger charge is 2.35. The molecule has 1 N–H and O–H groups in total. The summed E-state index contributed by atoms with van der Waals surface area (Å²) in [6, 6.07) is 0. The molecule has 1 aromatic rings. The van der Waals surface area contributed by atoms with Gasteiger partial charge in [-0.25, -0.2) is 0 Å². The number of rotatable bonds is 6. The van der Waals surface area contributed by atoms with Crippen molar-refractivity contribution < 1.29 is 14.4 Å². The van der Waals surface area contributed by atoms with Crippen molar-refractivity contribution in [1.82, 2.24) is 15.0 Å². The average molecular weight is 267 g/mol. The van der Waals surface area contributed by atoms with Gasteiger partial charge in [0.25, 0.3) is 0 Å². The van der Waals surface area contributed by atoms with Gasteiger partial charge in [0.05, 0.1) is 12.5 Å². The van der Waals surface area contributed by atoms with Crippen LogP contribution in [0.4, 0.5) is 0 Å². The van der Waals surface area contributed by atoms with Gasteiger partial charge in [-0.2, -0.15) is 4.98 Å². The van der Waals surface area contributed by atoms with Crippen LogP contribution >= 0.6 is 0 Å². The number of aryl methyl sites for hydroxylation is 1. The molecule has 0 bridgehead atoms. The molecule has 6 nitrogen and oxygen atoms in total. The number of aliphatic carboxylic acids is 1. The number of carboxylic acid groups (broad SMARTS) is 1. The van der Waals surface area contributed by atoms with E-state index in [0.717, 1.165) is 31.6 Å². The number of hydrogen-bond acceptors (Lipinski definition) is 5. The predicted octanol–water partition coefficient (Wildman–Crippen LogP) is 1.56. The molecule has 1 saturated heterocycles. The van der Waals surface area contributed by atoms with Crippen LogP contribution in [0.1, 0.15) is 38.4 Å². The van der Waals surface area contributed by atoms with E-state index >= 15 is 0 Å². The van der Waals surface area contributed by atoms with Gasteiger partial charge in [0.1, 0.15) is 0 Å². The van der Waals surface area contributed by atoms with Crippen LogP contribution in [0.25, 0.3) is 0 Å². The highest BCUT2D eigenvalue weighted by atomic mass is 16.5. The quantitative estimate of drug-likeness (QED) is 0.842. The Kier molecular flexibility index (Phi) is 4.52. The Labute approximate surface area is 112 Å². The third kappa shape index (κ3) is 3.53. The van der Waals surface area contributed by atoms with E-state index in [1.165, 1.54) is 0 Å². The summed E-state index contributed by atoms with van der Waals surface area (Å²) in [7, 11) is 0. The molecule has 1 aliphatic rings. The molecule has 1 fully saturated rings. The van der Waals surface area contributed by atoms with Crippen molar-refractivity contribution in [2.75, 3.05) is 13.1 Å². The highest BCUT2D eigenvalue weighted by molar-refractivity contribution is 5.71. The Morgan fingerprint density at radius 3 is 2.95 bits per heavy atom. The number of aromatic nitrogens is 2. The first-order valence-corrected chi connectivity index (χ1v) is 6.86. The number of hydrogen-bond donors (Lipinski definition) is 1. The van der Waals surface area contributed by atoms with Crippen LogP contribution in [0.5, 0.6) is 0 Å². The van der Waals surface area contributed by atoms with Gasteiger partial charge in [0.2, 0.25) is 5.89 Å². The molecule has 106 valence electrons. The Hall–Kier alpha value is -1.43. The van der Waals surface area contributed by atoms with E-state index in [-0.39, 0.29) is 11.8 Å². The molecule has 1 aromatic heterocycles. The van der Waals surface area contributed by atoms with Crippen LogP contribution in [0.3, 0.4) is 0 Å². The molecule has 2 atom stereocenters. The average Bonchev–Trinajstić information content (AvgIpc) is 2.94. The lowest BCUT2D eigenvalue weighted by atomic mass is 9.99. The molecule has 6 heteroatoms. The van der Waals surface area contributed by atoms with Gasteiger partial charge in [-0.3, -0.25) is 9.69 Å². The summed E-state index contributed by atoms with van der Waals surface area (Å²) in [6.07, 6.45) is 3.00. The molecule has 0 aromatic carbocycles. The zero-order valence-corrected chi connectivity index (χ0v) is 11.5. The van der Waals surface area contributed by atoms with Crippen LogP contribution < -0.4 is 0 Å². The number of likely N-dealkylation sites (tertiary alicyclic amines) is 1. The normalized spacial score (nSPS) is 23.9. The van der Waals surface area contributed by atoms with Crippen LogP contribution in [0.15, 0.2) is 4.52 Å². The molecular weight excluding hydrogens is 246 g/mol. The Bertz CT molecular complexity index is 433. The van der Waals surface area contributed by atoms with Crippen molar-refractivity contribution in [2.24, 2.45) is 11.8 Å². The number of nitrogens with zero attached hydrogens (tertiary/aromatic N) is 3. The molecule has 1 aliphatic heterocycles. The molecule has 2 heterocycles. The lowest BCUT2D eigenvalue weighted by Crippen LogP contribution is -2.23. The zero-order chi connectivity index (χ0) is 13.8. The number of unbranched alkanes of at least 4 members (excludes halogenated alkanes) is 1. The smallest absolute Gasteiger partial charge is 0.308 e. The van der Waals surface area contributed by atoms with Gasteiger partial charge < -0.3 is 9.63 Å². The van der Waals surface area contributed by atoms with Crippen molar-refractivity contribution in [1.29, 1.82) is 0 Å². The lowest BCUT2D eigenvalue weighted by molar-refractivity contribution is -0.142. The summed E-state index contributed by atoms with van der Waals surface area (Å²) in [5.74, 6) is 0.495. The minimum atomic E-state index is -0.718. The van der Waals surface area contributed by atoms with Gasteiger partial charge in [-0.1, -0.05) is 25.4 Å². The second-order valence-electron chi connectivity index (χ2n) is 5.32. The standard InChI is InChI=1S/C13H21N3O3/c1-3-4-5-11-14-12(19-15-11)8-16-6-9(2)10(7-16)13(17)18/h9-10H,3-8H2,1-2H3,(H,17,18). The summed E-state index contributed by atoms with van der Waals surface area (Å²) in [4.78, 5) is 17.5. The SMILES string of the molecule is CCCCc1noc(CN2CC(C)C(C(=O)O)C2)n1. The van der Waals surface area contributed by atoms with E-state index in [0.29, 0.717) is 19.0 Å². The van der Waals surface area contributed by atoms with Gasteiger partial charge in [-0.05, 0) is 12.3 Å². The molecule has 0 aliphatic carbocycles. The van der Waals surface area contributed by atoms with Gasteiger partial charge >= 0.3 is 5.97 Å². The molecule has 2 rings (SSSR count). The molecular formula is C13H21N3O3. The molecule has 2 unspecified atom stereocenters. The predicted molar refractivity (Wildman–Crippen MR) is 68.5 cm³/mol. The molecule has 19 heavy (non-hydrogen) atoms. The topological polar surface area (TPSA) is 79.5 Å². The van der Waals surface area contributed by atoms with Gasteiger partial charge in [0.15, 0.2) is 5.82 Å². The Balaban J connectivity index is 1.88. The maximum absolute atomic E-state index is 11.1. The van der Waals surface area contributed by atoms with E-state index in [1.807, 2.05) is 6.92 Å². The minimum Gasteiger partial charge on any atom is -0.481 e. The summed E-state index contributed by atoms with van der Waals surface area (Å²) in [5.41, 5.74) is 0. The van der Waals surface area contributed by atoms with Crippen molar-refractivity contribution in [2.45, 2.75) is 39.7 Å².